The minimum atomic E-state index is 0.373. The summed E-state index contributed by atoms with van der Waals surface area (Å²) >= 11 is 0. The average molecular weight is 280 g/mol. The van der Waals surface area contributed by atoms with Crippen molar-refractivity contribution < 1.29 is 4.74 Å². The highest BCUT2D eigenvalue weighted by atomic mass is 16.5. The molecular weight excluding hydrogens is 260 g/mol. The van der Waals surface area contributed by atoms with E-state index in [0.29, 0.717) is 13.2 Å². The van der Waals surface area contributed by atoms with E-state index < -0.39 is 0 Å². The molecule has 3 nitrogen and oxygen atoms in total. The molecule has 2 aromatic carbocycles. The Labute approximate surface area is 126 Å². The van der Waals surface area contributed by atoms with Crippen LogP contribution in [0.4, 0.5) is 5.69 Å². The summed E-state index contributed by atoms with van der Waals surface area (Å²) in [5.74, 6) is 6.75. The number of nitrogens with zero attached hydrogens (tertiary/aromatic N) is 1. The van der Waals surface area contributed by atoms with Gasteiger partial charge in [-0.1, -0.05) is 30.0 Å². The molecule has 0 bridgehead atoms. The Hall–Kier alpha value is -2.44. The summed E-state index contributed by atoms with van der Waals surface area (Å²) < 4.78 is 5.84. The monoisotopic (exact) mass is 280 g/mol. The van der Waals surface area contributed by atoms with Crippen LogP contribution in [0.25, 0.3) is 0 Å². The second-order valence-corrected chi connectivity index (χ2v) is 4.89. The normalized spacial score (nSPS) is 9.67. The van der Waals surface area contributed by atoms with Gasteiger partial charge >= 0.3 is 0 Å². The van der Waals surface area contributed by atoms with Crippen molar-refractivity contribution in [1.29, 1.82) is 0 Å². The topological polar surface area (TPSA) is 38.5 Å². The number of nitrogens with two attached hydrogens (primary N) is 1. The first-order valence-corrected chi connectivity index (χ1v) is 6.87. The van der Waals surface area contributed by atoms with Gasteiger partial charge in [-0.15, -0.1) is 0 Å². The molecule has 0 saturated heterocycles. The fourth-order valence-electron chi connectivity index (χ4n) is 1.91. The molecule has 108 valence electrons. The van der Waals surface area contributed by atoms with E-state index in [-0.39, 0.29) is 0 Å². The van der Waals surface area contributed by atoms with E-state index in [1.165, 1.54) is 0 Å². The minimum absolute atomic E-state index is 0.373. The summed E-state index contributed by atoms with van der Waals surface area (Å²) in [5.41, 5.74) is 8.56. The van der Waals surface area contributed by atoms with Gasteiger partial charge in [0.2, 0.25) is 0 Å². The molecule has 0 aliphatic rings. The van der Waals surface area contributed by atoms with Gasteiger partial charge in [0, 0.05) is 31.4 Å². The van der Waals surface area contributed by atoms with E-state index in [1.807, 2.05) is 56.6 Å². The summed E-state index contributed by atoms with van der Waals surface area (Å²) in [6.45, 7) is 0.896. The van der Waals surface area contributed by atoms with E-state index in [9.17, 15) is 0 Å². The molecule has 0 unspecified atom stereocenters. The number of ether oxygens (including phenoxy) is 1. The molecule has 0 amide bonds. The van der Waals surface area contributed by atoms with Crippen LogP contribution in [0.2, 0.25) is 0 Å². The van der Waals surface area contributed by atoms with Crippen LogP contribution < -0.4 is 15.4 Å². The lowest BCUT2D eigenvalue weighted by Crippen LogP contribution is -2.08. The smallest absolute Gasteiger partial charge is 0.121 e. The lowest BCUT2D eigenvalue weighted by Gasteiger charge is -2.14. The molecule has 3 heteroatoms. The van der Waals surface area contributed by atoms with Gasteiger partial charge in [0.25, 0.3) is 0 Å². The molecule has 2 rings (SSSR count). The molecule has 0 aromatic heterocycles. The van der Waals surface area contributed by atoms with Crippen molar-refractivity contribution in [2.24, 2.45) is 5.73 Å². The molecule has 0 fully saturated rings. The maximum Gasteiger partial charge on any atom is 0.121 e. The number of rotatable bonds is 4. The predicted octanol–water partition coefficient (Wildman–Crippen LogP) is 2.64. The molecule has 2 N–H and O–H groups in total. The van der Waals surface area contributed by atoms with Crippen LogP contribution in [0.15, 0.2) is 48.5 Å². The Morgan fingerprint density at radius 3 is 2.67 bits per heavy atom. The third kappa shape index (κ3) is 4.55. The highest BCUT2D eigenvalue weighted by Crippen LogP contribution is 2.20. The highest BCUT2D eigenvalue weighted by Gasteiger charge is 2.00. The summed E-state index contributed by atoms with van der Waals surface area (Å²) in [7, 11) is 4.03. The van der Waals surface area contributed by atoms with Gasteiger partial charge < -0.3 is 15.4 Å². The van der Waals surface area contributed by atoms with Gasteiger partial charge in [0.05, 0.1) is 6.54 Å². The van der Waals surface area contributed by atoms with Gasteiger partial charge in [-0.3, -0.25) is 0 Å². The Kier molecular flexibility index (Phi) is 5.25. The van der Waals surface area contributed by atoms with Crippen molar-refractivity contribution in [2.75, 3.05) is 25.5 Å². The molecule has 0 saturated carbocycles. The molecule has 0 radical (unpaired) electrons. The van der Waals surface area contributed by atoms with Crippen molar-refractivity contribution in [3.8, 4) is 17.6 Å². The first-order chi connectivity index (χ1) is 10.2. The SMILES string of the molecule is CN(C)c1cccc(OCc2cccc(C#CCN)c2)c1. The van der Waals surface area contributed by atoms with Gasteiger partial charge in [-0.25, -0.2) is 0 Å². The zero-order valence-corrected chi connectivity index (χ0v) is 12.5. The third-order valence-corrected chi connectivity index (χ3v) is 3.00. The number of hydrogen-bond acceptors (Lipinski definition) is 3. The molecule has 0 spiro atoms. The second kappa shape index (κ2) is 7.37. The zero-order valence-electron chi connectivity index (χ0n) is 12.5. The number of hydrogen-bond donors (Lipinski definition) is 1. The van der Waals surface area contributed by atoms with E-state index in [4.69, 9.17) is 10.5 Å². The Morgan fingerprint density at radius 1 is 1.10 bits per heavy atom. The standard InChI is InChI=1S/C18H20N2O/c1-20(2)17-9-4-10-18(13-17)21-14-16-7-3-6-15(12-16)8-5-11-19/h3-4,6-7,9-10,12-13H,11,14,19H2,1-2H3. The Bertz CT molecular complexity index is 654. The fourth-order valence-corrected chi connectivity index (χ4v) is 1.91. The van der Waals surface area contributed by atoms with Crippen LogP contribution in [0.5, 0.6) is 5.75 Å². The first kappa shape index (κ1) is 15.0. The van der Waals surface area contributed by atoms with Gasteiger partial charge in [0.1, 0.15) is 12.4 Å². The molecule has 0 heterocycles. The van der Waals surface area contributed by atoms with Gasteiger partial charge in [-0.05, 0) is 29.8 Å². The van der Waals surface area contributed by atoms with E-state index in [2.05, 4.69) is 22.8 Å². The van der Waals surface area contributed by atoms with Crippen LogP contribution in [0, 0.1) is 11.8 Å². The van der Waals surface area contributed by atoms with Crippen LogP contribution in [0.3, 0.4) is 0 Å². The summed E-state index contributed by atoms with van der Waals surface area (Å²) in [6, 6.07) is 16.0. The Morgan fingerprint density at radius 2 is 1.90 bits per heavy atom. The van der Waals surface area contributed by atoms with E-state index in [1.54, 1.807) is 0 Å². The summed E-state index contributed by atoms with van der Waals surface area (Å²) in [5, 5.41) is 0. The summed E-state index contributed by atoms with van der Waals surface area (Å²) in [6.07, 6.45) is 0. The largest absolute Gasteiger partial charge is 0.489 e. The maximum atomic E-state index is 5.84. The Balaban J connectivity index is 2.04. The lowest BCUT2D eigenvalue weighted by atomic mass is 10.1. The van der Waals surface area contributed by atoms with Gasteiger partial charge in [0.15, 0.2) is 0 Å². The van der Waals surface area contributed by atoms with E-state index in [0.717, 1.165) is 22.6 Å². The van der Waals surface area contributed by atoms with Crippen molar-refractivity contribution >= 4 is 5.69 Å². The third-order valence-electron chi connectivity index (χ3n) is 3.00. The van der Waals surface area contributed by atoms with Crippen molar-refractivity contribution in [3.05, 3.63) is 59.7 Å². The highest BCUT2D eigenvalue weighted by molar-refractivity contribution is 5.49. The van der Waals surface area contributed by atoms with Gasteiger partial charge in [-0.2, -0.15) is 0 Å². The molecule has 0 aliphatic carbocycles. The molecule has 0 atom stereocenters. The predicted molar refractivity (Wildman–Crippen MR) is 87.5 cm³/mol. The van der Waals surface area contributed by atoms with E-state index >= 15 is 0 Å². The summed E-state index contributed by atoms with van der Waals surface area (Å²) in [4.78, 5) is 2.05. The molecule has 21 heavy (non-hydrogen) atoms. The number of benzene rings is 2. The maximum absolute atomic E-state index is 5.84. The van der Waals surface area contributed by atoms with Crippen LogP contribution in [-0.2, 0) is 6.61 Å². The minimum Gasteiger partial charge on any atom is -0.489 e. The van der Waals surface area contributed by atoms with Crippen LogP contribution >= 0.6 is 0 Å². The van der Waals surface area contributed by atoms with Crippen LogP contribution in [-0.4, -0.2) is 20.6 Å². The second-order valence-electron chi connectivity index (χ2n) is 4.89. The van der Waals surface area contributed by atoms with Crippen molar-refractivity contribution in [2.45, 2.75) is 6.61 Å². The molecular formula is C18H20N2O. The lowest BCUT2D eigenvalue weighted by molar-refractivity contribution is 0.306. The van der Waals surface area contributed by atoms with Crippen LogP contribution in [0.1, 0.15) is 11.1 Å². The number of anilines is 1. The average Bonchev–Trinajstić information content (AvgIpc) is 2.51. The van der Waals surface area contributed by atoms with Crippen molar-refractivity contribution in [1.82, 2.24) is 0 Å². The fraction of sp³-hybridized carbons (Fsp3) is 0.222. The quantitative estimate of drug-likeness (QED) is 0.875. The zero-order chi connectivity index (χ0) is 15.1. The first-order valence-electron chi connectivity index (χ1n) is 6.87. The van der Waals surface area contributed by atoms with Crippen molar-refractivity contribution in [3.63, 3.8) is 0 Å². The molecule has 2 aromatic rings. The molecule has 0 aliphatic heterocycles.